The Kier molecular flexibility index (Phi) is 7.59. The molecule has 2 aliphatic carbocycles. The lowest BCUT2D eigenvalue weighted by molar-refractivity contribution is -0.762. The first-order valence-corrected chi connectivity index (χ1v) is 22.3. The topological polar surface area (TPSA) is 21.4 Å². The minimum absolute atomic E-state index is 0.100. The van der Waals surface area contributed by atoms with E-state index in [1.807, 2.05) is 0 Å². The minimum Gasteiger partial charge on any atom is -0.456 e. The van der Waals surface area contributed by atoms with Crippen molar-refractivity contribution >= 4 is 65.6 Å². The number of hydrogen-bond donors (Lipinski definition) is 0. The Morgan fingerprint density at radius 2 is 1.61 bits per heavy atom. The lowest BCUT2D eigenvalue weighted by Gasteiger charge is -2.56. The third kappa shape index (κ3) is 4.51. The number of allylic oxidation sites excluding steroid dienone is 6. The molecule has 0 spiro atoms. The quantitative estimate of drug-likeness (QED) is 0.106. The maximum atomic E-state index is 6.81. The van der Waals surface area contributed by atoms with Crippen LogP contribution in [-0.4, -0.2) is 4.40 Å². The average molecular weight is 768 g/mol. The van der Waals surface area contributed by atoms with Crippen LogP contribution in [-0.2, 0) is 17.4 Å². The van der Waals surface area contributed by atoms with Crippen LogP contribution < -0.4 is 4.57 Å². The van der Waals surface area contributed by atoms with Crippen molar-refractivity contribution in [3.63, 3.8) is 0 Å². The third-order valence-corrected chi connectivity index (χ3v) is 15.2. The van der Waals surface area contributed by atoms with E-state index in [1.54, 1.807) is 5.57 Å². The minimum atomic E-state index is -0.102. The van der Waals surface area contributed by atoms with Gasteiger partial charge in [-0.2, -0.15) is 4.57 Å². The Labute approximate surface area is 346 Å². The molecule has 0 fully saturated rings. The second-order valence-corrected chi connectivity index (χ2v) is 17.8. The molecule has 0 saturated carbocycles. The summed E-state index contributed by atoms with van der Waals surface area (Å²) in [5.41, 5.74) is 17.1. The summed E-state index contributed by atoms with van der Waals surface area (Å²) in [7, 11) is 0. The highest BCUT2D eigenvalue weighted by Crippen LogP contribution is 2.62. The van der Waals surface area contributed by atoms with Gasteiger partial charge < -0.3 is 8.82 Å². The predicted octanol–water partition coefficient (Wildman–Crippen LogP) is 14.5. The first kappa shape index (κ1) is 35.1. The van der Waals surface area contributed by atoms with E-state index in [0.29, 0.717) is 5.92 Å². The van der Waals surface area contributed by atoms with Crippen LogP contribution in [0.25, 0.3) is 76.9 Å². The monoisotopic (exact) mass is 767 g/mol. The molecule has 3 aliphatic rings. The number of pyridine rings is 1. The fraction of sp³-hybridized carbons (Fsp3) is 0.268. The number of benzene rings is 5. The van der Waals surface area contributed by atoms with E-state index in [9.17, 15) is 0 Å². The molecular formula is C56H51N2O+. The lowest BCUT2D eigenvalue weighted by Crippen LogP contribution is -2.74. The fourth-order valence-corrected chi connectivity index (χ4v) is 12.6. The van der Waals surface area contributed by atoms with E-state index >= 15 is 0 Å². The first-order valence-electron chi connectivity index (χ1n) is 22.3. The highest BCUT2D eigenvalue weighted by atomic mass is 16.3. The standard InChI is InChI=1S/C56H51N2O/c1-5-17-36-27-28-42-50(30-36)59-51-32-44-43-31-45-46(33-49(43)58-48-26-13-12-24-41(48)53(52(42)51)54(44)58)55(6-2)34-38(56(55,7-3)57-29-15-14-25-47(45)57)21-16-20-37-19-9-11-23-40(37)39-22-10-8-18-35(39)4/h8-15,18,22-34,37H,5-7,16-17,19-21H2,1-4H3/q+1/t37-,55?,56?/m1/s1. The molecule has 59 heavy (non-hydrogen) atoms. The van der Waals surface area contributed by atoms with Gasteiger partial charge in [0.25, 0.3) is 0 Å². The zero-order chi connectivity index (χ0) is 39.6. The summed E-state index contributed by atoms with van der Waals surface area (Å²) in [6.07, 6.45) is 21.1. The lowest BCUT2D eigenvalue weighted by atomic mass is 9.48. The molecule has 4 aromatic heterocycles. The highest BCUT2D eigenvalue weighted by molar-refractivity contribution is 6.35. The van der Waals surface area contributed by atoms with Crippen molar-refractivity contribution in [1.29, 1.82) is 0 Å². The number of hydrogen-bond acceptors (Lipinski definition) is 1. The Balaban J connectivity index is 1.03. The van der Waals surface area contributed by atoms with Gasteiger partial charge in [0.1, 0.15) is 11.2 Å². The molecule has 9 aromatic rings. The van der Waals surface area contributed by atoms with Crippen LogP contribution in [0, 0.1) is 12.8 Å². The van der Waals surface area contributed by atoms with Crippen molar-refractivity contribution in [3.05, 3.63) is 161 Å². The summed E-state index contributed by atoms with van der Waals surface area (Å²) in [5, 5.41) is 7.64. The van der Waals surface area contributed by atoms with E-state index in [-0.39, 0.29) is 11.0 Å². The van der Waals surface area contributed by atoms with Crippen LogP contribution in [0.3, 0.4) is 0 Å². The molecule has 1 aliphatic heterocycles. The van der Waals surface area contributed by atoms with E-state index < -0.39 is 0 Å². The summed E-state index contributed by atoms with van der Waals surface area (Å²) in [4.78, 5) is 0. The Bertz CT molecular complexity index is 3290. The van der Waals surface area contributed by atoms with Gasteiger partial charge >= 0.3 is 0 Å². The van der Waals surface area contributed by atoms with Gasteiger partial charge in [-0.15, -0.1) is 0 Å². The number of fused-ring (bicyclic) bond motifs is 16. The number of nitrogens with zero attached hydrogens (tertiary/aromatic N) is 2. The van der Waals surface area contributed by atoms with Crippen LogP contribution in [0.1, 0.15) is 88.0 Å². The zero-order valence-corrected chi connectivity index (χ0v) is 34.7. The second-order valence-electron chi connectivity index (χ2n) is 17.8. The fourth-order valence-electron chi connectivity index (χ4n) is 12.6. The van der Waals surface area contributed by atoms with Crippen molar-refractivity contribution in [2.45, 2.75) is 90.0 Å². The molecule has 0 N–H and O–H groups in total. The van der Waals surface area contributed by atoms with E-state index in [1.165, 1.54) is 101 Å². The smallest absolute Gasteiger partial charge is 0.213 e. The van der Waals surface area contributed by atoms with Crippen molar-refractivity contribution < 1.29 is 8.98 Å². The van der Waals surface area contributed by atoms with Gasteiger partial charge in [-0.05, 0) is 121 Å². The molecule has 5 aromatic carbocycles. The first-order chi connectivity index (χ1) is 29.0. The van der Waals surface area contributed by atoms with Crippen LogP contribution >= 0.6 is 0 Å². The molecule has 12 rings (SSSR count). The van der Waals surface area contributed by atoms with Gasteiger partial charge in [0, 0.05) is 50.9 Å². The molecule has 0 bridgehead atoms. The van der Waals surface area contributed by atoms with Gasteiger partial charge in [0.2, 0.25) is 11.2 Å². The van der Waals surface area contributed by atoms with Crippen molar-refractivity contribution in [1.82, 2.24) is 4.40 Å². The molecule has 0 saturated heterocycles. The molecule has 3 heteroatoms. The maximum absolute atomic E-state index is 6.81. The molecule has 3 nitrogen and oxygen atoms in total. The highest BCUT2D eigenvalue weighted by Gasteiger charge is 2.68. The normalized spacial score (nSPS) is 21.1. The number of rotatable bonds is 9. The largest absolute Gasteiger partial charge is 0.456 e. The van der Waals surface area contributed by atoms with Gasteiger partial charge in [0.05, 0.1) is 27.5 Å². The summed E-state index contributed by atoms with van der Waals surface area (Å²) < 4.78 is 12.1. The van der Waals surface area contributed by atoms with Crippen molar-refractivity contribution in [2.75, 3.05) is 0 Å². The second kappa shape index (κ2) is 12.8. The number of aryl methyl sites for hydroxylation is 2. The Hall–Kier alpha value is -5.93. The average Bonchev–Trinajstić information content (AvgIpc) is 3.91. The third-order valence-electron chi connectivity index (χ3n) is 15.2. The number of aromatic nitrogens is 2. The summed E-state index contributed by atoms with van der Waals surface area (Å²) >= 11 is 0. The van der Waals surface area contributed by atoms with E-state index in [4.69, 9.17) is 4.42 Å². The molecule has 3 atom stereocenters. The maximum Gasteiger partial charge on any atom is 0.213 e. The molecule has 0 amide bonds. The molecule has 5 heterocycles. The van der Waals surface area contributed by atoms with Crippen LogP contribution in [0.5, 0.6) is 0 Å². The van der Waals surface area contributed by atoms with Crippen molar-refractivity contribution in [3.8, 4) is 11.3 Å². The SMILES string of the molecule is CCCc1ccc2c(c1)oc1cc3c4cc5c(cc4n4c6ccccc6c(c12)c34)C1(CC)C=C(CCC[C@H]2CC=CC=C2c2ccccc2C)C1(CC)[n+]1ccccc1-5. The molecule has 2 unspecified atom stereocenters. The summed E-state index contributed by atoms with van der Waals surface area (Å²) in [5.74, 6) is 0.554. The Morgan fingerprint density at radius 1 is 0.746 bits per heavy atom. The predicted molar refractivity (Wildman–Crippen MR) is 247 cm³/mol. The van der Waals surface area contributed by atoms with Crippen LogP contribution in [0.2, 0.25) is 0 Å². The Morgan fingerprint density at radius 3 is 2.47 bits per heavy atom. The van der Waals surface area contributed by atoms with Gasteiger partial charge in [-0.3, -0.25) is 0 Å². The van der Waals surface area contributed by atoms with Crippen molar-refractivity contribution in [2.24, 2.45) is 5.92 Å². The van der Waals surface area contributed by atoms with E-state index in [0.717, 1.165) is 49.7 Å². The summed E-state index contributed by atoms with van der Waals surface area (Å²) in [6.45, 7) is 9.37. The summed E-state index contributed by atoms with van der Waals surface area (Å²) in [6, 6.07) is 39.2. The van der Waals surface area contributed by atoms with Crippen LogP contribution in [0.4, 0.5) is 0 Å². The van der Waals surface area contributed by atoms with Gasteiger partial charge in [-0.25, -0.2) is 0 Å². The molecular weight excluding hydrogens is 717 g/mol. The zero-order valence-electron chi connectivity index (χ0n) is 34.7. The van der Waals surface area contributed by atoms with Gasteiger partial charge in [-0.1, -0.05) is 106 Å². The molecule has 0 radical (unpaired) electrons. The van der Waals surface area contributed by atoms with E-state index in [2.05, 4.69) is 170 Å². The van der Waals surface area contributed by atoms with Gasteiger partial charge in [0.15, 0.2) is 6.20 Å². The van der Waals surface area contributed by atoms with Crippen LogP contribution in [0.15, 0.2) is 144 Å². The number of para-hydroxylation sites is 1. The molecule has 290 valence electrons. The number of furan rings is 1.